The molecular weight excluding hydrogens is 272 g/mol. The van der Waals surface area contributed by atoms with Crippen LogP contribution in [0.1, 0.15) is 19.3 Å². The smallest absolute Gasteiger partial charge is 0.320 e. The molecule has 7 heteroatoms. The molecule has 21 heavy (non-hydrogen) atoms. The third-order valence-electron chi connectivity index (χ3n) is 4.64. The molecule has 2 aliphatic rings. The highest BCUT2D eigenvalue weighted by molar-refractivity contribution is 5.74. The number of nitrogens with zero attached hydrogens (tertiary/aromatic N) is 3. The second-order valence-electron chi connectivity index (χ2n) is 5.88. The van der Waals surface area contributed by atoms with Gasteiger partial charge in [-0.2, -0.15) is 0 Å². The molecule has 0 bridgehead atoms. The van der Waals surface area contributed by atoms with Crippen molar-refractivity contribution >= 4 is 11.8 Å². The first kappa shape index (κ1) is 14.1. The highest BCUT2D eigenvalue weighted by atomic mass is 16.5. The van der Waals surface area contributed by atoms with E-state index in [1.807, 2.05) is 6.07 Å². The van der Waals surface area contributed by atoms with Gasteiger partial charge in [0.05, 0.1) is 7.11 Å². The lowest BCUT2D eigenvalue weighted by atomic mass is 9.76. The first-order valence-corrected chi connectivity index (χ1v) is 7.19. The Morgan fingerprint density at radius 2 is 2.24 bits per heavy atom. The first-order valence-electron chi connectivity index (χ1n) is 7.19. The Labute approximate surface area is 123 Å². The summed E-state index contributed by atoms with van der Waals surface area (Å²) in [5.74, 6) is 0.695. The lowest BCUT2D eigenvalue weighted by molar-refractivity contribution is -0.139. The van der Waals surface area contributed by atoms with Crippen LogP contribution in [0.25, 0.3) is 0 Å². The fourth-order valence-electron chi connectivity index (χ4n) is 3.30. The SMILES string of the molecule is COc1cc(N2CCC3(CC2)CN[C@H](C(=O)O)C3)ncn1. The summed E-state index contributed by atoms with van der Waals surface area (Å²) in [4.78, 5) is 21.6. The minimum absolute atomic E-state index is 0.122. The summed E-state index contributed by atoms with van der Waals surface area (Å²) >= 11 is 0. The minimum atomic E-state index is -0.741. The number of rotatable bonds is 3. The molecule has 0 unspecified atom stereocenters. The number of aromatic nitrogens is 2. The molecule has 114 valence electrons. The number of ether oxygens (including phenoxy) is 1. The van der Waals surface area contributed by atoms with Crippen LogP contribution in [0, 0.1) is 5.41 Å². The molecular formula is C14H20N4O3. The molecule has 0 aliphatic carbocycles. The maximum atomic E-state index is 11.1. The topological polar surface area (TPSA) is 87.6 Å². The van der Waals surface area contributed by atoms with Crippen LogP contribution in [-0.2, 0) is 4.79 Å². The summed E-state index contributed by atoms with van der Waals surface area (Å²) in [6.45, 7) is 2.56. The Balaban J connectivity index is 1.64. The van der Waals surface area contributed by atoms with Crippen LogP contribution in [0.2, 0.25) is 0 Å². The van der Waals surface area contributed by atoms with Crippen LogP contribution in [0.15, 0.2) is 12.4 Å². The van der Waals surface area contributed by atoms with Gasteiger partial charge in [0.15, 0.2) is 0 Å². The van der Waals surface area contributed by atoms with Gasteiger partial charge in [0.2, 0.25) is 5.88 Å². The van der Waals surface area contributed by atoms with Gasteiger partial charge in [0.25, 0.3) is 0 Å². The lowest BCUT2D eigenvalue weighted by Crippen LogP contribution is -2.41. The Morgan fingerprint density at radius 1 is 1.48 bits per heavy atom. The van der Waals surface area contributed by atoms with Crippen molar-refractivity contribution in [2.24, 2.45) is 5.41 Å². The number of hydrogen-bond donors (Lipinski definition) is 2. The van der Waals surface area contributed by atoms with E-state index in [2.05, 4.69) is 20.2 Å². The van der Waals surface area contributed by atoms with E-state index >= 15 is 0 Å². The van der Waals surface area contributed by atoms with E-state index in [4.69, 9.17) is 9.84 Å². The van der Waals surface area contributed by atoms with Crippen LogP contribution >= 0.6 is 0 Å². The van der Waals surface area contributed by atoms with E-state index in [9.17, 15) is 4.79 Å². The molecule has 0 amide bonds. The summed E-state index contributed by atoms with van der Waals surface area (Å²) in [5, 5.41) is 12.2. The summed E-state index contributed by atoms with van der Waals surface area (Å²) in [5.41, 5.74) is 0.122. The van der Waals surface area contributed by atoms with Crippen LogP contribution < -0.4 is 15.0 Å². The molecule has 1 atom stereocenters. The van der Waals surface area contributed by atoms with E-state index in [0.717, 1.165) is 44.7 Å². The number of methoxy groups -OCH3 is 1. The molecule has 1 aromatic heterocycles. The van der Waals surface area contributed by atoms with Crippen molar-refractivity contribution in [2.45, 2.75) is 25.3 Å². The van der Waals surface area contributed by atoms with Crippen molar-refractivity contribution in [2.75, 3.05) is 31.6 Å². The second kappa shape index (κ2) is 5.48. The van der Waals surface area contributed by atoms with Gasteiger partial charge in [0.1, 0.15) is 18.2 Å². The predicted octanol–water partition coefficient (Wildman–Crippen LogP) is 0.518. The third kappa shape index (κ3) is 2.78. The van der Waals surface area contributed by atoms with Gasteiger partial charge in [0, 0.05) is 25.7 Å². The molecule has 3 rings (SSSR count). The normalized spacial score (nSPS) is 24.2. The second-order valence-corrected chi connectivity index (χ2v) is 5.88. The summed E-state index contributed by atoms with van der Waals surface area (Å²) < 4.78 is 5.13. The quantitative estimate of drug-likeness (QED) is 0.839. The molecule has 2 fully saturated rings. The van der Waals surface area contributed by atoms with Crippen molar-refractivity contribution in [3.63, 3.8) is 0 Å². The van der Waals surface area contributed by atoms with Gasteiger partial charge in [-0.05, 0) is 24.7 Å². The van der Waals surface area contributed by atoms with Crippen LogP contribution in [0.5, 0.6) is 5.88 Å². The molecule has 1 spiro atoms. The van der Waals surface area contributed by atoms with Crippen molar-refractivity contribution in [3.8, 4) is 5.88 Å². The van der Waals surface area contributed by atoms with Crippen LogP contribution in [0.4, 0.5) is 5.82 Å². The number of carboxylic acids is 1. The highest BCUT2D eigenvalue weighted by Gasteiger charge is 2.43. The highest BCUT2D eigenvalue weighted by Crippen LogP contribution is 2.40. The van der Waals surface area contributed by atoms with Gasteiger partial charge in [-0.3, -0.25) is 4.79 Å². The third-order valence-corrected chi connectivity index (χ3v) is 4.64. The van der Waals surface area contributed by atoms with E-state index in [1.165, 1.54) is 6.33 Å². The molecule has 2 aliphatic heterocycles. The van der Waals surface area contributed by atoms with Gasteiger partial charge >= 0.3 is 5.97 Å². The molecule has 3 heterocycles. The lowest BCUT2D eigenvalue weighted by Gasteiger charge is -2.39. The first-order chi connectivity index (χ1) is 10.1. The summed E-state index contributed by atoms with van der Waals surface area (Å²) in [7, 11) is 1.59. The number of piperidine rings is 1. The van der Waals surface area contributed by atoms with Crippen molar-refractivity contribution in [3.05, 3.63) is 12.4 Å². The van der Waals surface area contributed by atoms with Crippen molar-refractivity contribution in [1.29, 1.82) is 0 Å². The Morgan fingerprint density at radius 3 is 2.86 bits per heavy atom. The Kier molecular flexibility index (Phi) is 3.67. The van der Waals surface area contributed by atoms with E-state index in [1.54, 1.807) is 7.11 Å². The van der Waals surface area contributed by atoms with Gasteiger partial charge in [-0.15, -0.1) is 0 Å². The molecule has 1 aromatic rings. The molecule has 0 saturated carbocycles. The Bertz CT molecular complexity index is 529. The number of hydrogen-bond acceptors (Lipinski definition) is 6. The number of nitrogens with one attached hydrogen (secondary N) is 1. The Hall–Kier alpha value is -1.89. The molecule has 0 aromatic carbocycles. The number of carboxylic acid groups (broad SMARTS) is 1. The minimum Gasteiger partial charge on any atom is -0.481 e. The van der Waals surface area contributed by atoms with Crippen molar-refractivity contribution in [1.82, 2.24) is 15.3 Å². The maximum Gasteiger partial charge on any atom is 0.320 e. The van der Waals surface area contributed by atoms with Crippen molar-refractivity contribution < 1.29 is 14.6 Å². The zero-order chi connectivity index (χ0) is 14.9. The molecule has 0 radical (unpaired) electrons. The number of anilines is 1. The van der Waals surface area contributed by atoms with Gasteiger partial charge in [-0.1, -0.05) is 0 Å². The van der Waals surface area contributed by atoms with E-state index < -0.39 is 12.0 Å². The molecule has 7 nitrogen and oxygen atoms in total. The van der Waals surface area contributed by atoms with Crippen LogP contribution in [-0.4, -0.2) is 53.8 Å². The summed E-state index contributed by atoms with van der Waals surface area (Å²) in [6.07, 6.45) is 4.20. The fourth-order valence-corrected chi connectivity index (χ4v) is 3.30. The molecule has 2 saturated heterocycles. The monoisotopic (exact) mass is 292 g/mol. The van der Waals surface area contributed by atoms with Gasteiger partial charge < -0.3 is 20.1 Å². The van der Waals surface area contributed by atoms with Gasteiger partial charge in [-0.25, -0.2) is 9.97 Å². The maximum absolute atomic E-state index is 11.1. The van der Waals surface area contributed by atoms with Crippen LogP contribution in [0.3, 0.4) is 0 Å². The molecule has 2 N–H and O–H groups in total. The largest absolute Gasteiger partial charge is 0.481 e. The van der Waals surface area contributed by atoms with E-state index in [-0.39, 0.29) is 5.41 Å². The zero-order valence-electron chi connectivity index (χ0n) is 12.1. The number of carbonyl (C=O) groups is 1. The fraction of sp³-hybridized carbons (Fsp3) is 0.643. The van der Waals surface area contributed by atoms with E-state index in [0.29, 0.717) is 5.88 Å². The number of aliphatic carboxylic acids is 1. The average molecular weight is 292 g/mol. The predicted molar refractivity (Wildman–Crippen MR) is 76.5 cm³/mol. The zero-order valence-corrected chi connectivity index (χ0v) is 12.1. The standard InChI is InChI=1S/C14H20N4O3/c1-21-12-6-11(16-9-17-12)18-4-2-14(3-5-18)7-10(13(19)20)15-8-14/h6,9-10,15H,2-5,7-8H2,1H3,(H,19,20)/t10-/m0/s1. The average Bonchev–Trinajstić information content (AvgIpc) is 2.92. The summed E-state index contributed by atoms with van der Waals surface area (Å²) in [6, 6.07) is 1.45.